The van der Waals surface area contributed by atoms with E-state index in [1.54, 1.807) is 0 Å². The number of ether oxygens (including phenoxy) is 1. The summed E-state index contributed by atoms with van der Waals surface area (Å²) in [5.41, 5.74) is 0.915. The van der Waals surface area contributed by atoms with Crippen LogP contribution in [0.3, 0.4) is 0 Å². The van der Waals surface area contributed by atoms with E-state index in [0.29, 0.717) is 18.3 Å². The molecule has 5 heteroatoms. The maximum atomic E-state index is 13.0. The van der Waals surface area contributed by atoms with Crippen LogP contribution in [0.25, 0.3) is 0 Å². The second-order valence-electron chi connectivity index (χ2n) is 8.42. The second kappa shape index (κ2) is 8.36. The standard InChI is InChI=1S/C21H33N3O2/c1-14(2)17-7-9-18(10-8-17)21(25)24-11-5-6-19(13-24)26-20-12-15(3)22-16(4)23-20/h12,14,17-19H,5-11,13H2,1-4H3. The summed E-state index contributed by atoms with van der Waals surface area (Å²) in [6.07, 6.45) is 6.51. The molecule has 3 rings (SSSR count). The number of aryl methyl sites for hydroxylation is 2. The average molecular weight is 360 g/mol. The van der Waals surface area contributed by atoms with Gasteiger partial charge in [0.2, 0.25) is 11.8 Å². The van der Waals surface area contributed by atoms with Gasteiger partial charge in [-0.2, -0.15) is 4.98 Å². The summed E-state index contributed by atoms with van der Waals surface area (Å²) in [7, 11) is 0. The molecule has 0 radical (unpaired) electrons. The summed E-state index contributed by atoms with van der Waals surface area (Å²) in [4.78, 5) is 23.7. The van der Waals surface area contributed by atoms with Gasteiger partial charge in [0.1, 0.15) is 11.9 Å². The van der Waals surface area contributed by atoms with E-state index in [9.17, 15) is 4.79 Å². The zero-order chi connectivity index (χ0) is 18.7. The molecule has 0 N–H and O–H groups in total. The Bertz CT molecular complexity index is 603. The number of hydrogen-bond donors (Lipinski definition) is 0. The summed E-state index contributed by atoms with van der Waals surface area (Å²) in [5.74, 6) is 3.44. The molecule has 1 saturated heterocycles. The van der Waals surface area contributed by atoms with Crippen LogP contribution in [-0.2, 0) is 4.79 Å². The van der Waals surface area contributed by atoms with Gasteiger partial charge >= 0.3 is 0 Å². The molecule has 1 saturated carbocycles. The normalized spacial score (nSPS) is 26.8. The van der Waals surface area contributed by atoms with Crippen molar-refractivity contribution in [2.24, 2.45) is 17.8 Å². The lowest BCUT2D eigenvalue weighted by molar-refractivity contribution is -0.139. The fourth-order valence-corrected chi connectivity index (χ4v) is 4.44. The van der Waals surface area contributed by atoms with E-state index in [-0.39, 0.29) is 12.0 Å². The Balaban J connectivity index is 1.55. The monoisotopic (exact) mass is 359 g/mol. The van der Waals surface area contributed by atoms with Crippen molar-refractivity contribution in [1.82, 2.24) is 14.9 Å². The highest BCUT2D eigenvalue weighted by atomic mass is 16.5. The molecule has 0 aromatic carbocycles. The van der Waals surface area contributed by atoms with E-state index >= 15 is 0 Å². The third-order valence-corrected chi connectivity index (χ3v) is 5.98. The first-order chi connectivity index (χ1) is 12.4. The minimum Gasteiger partial charge on any atom is -0.472 e. The topological polar surface area (TPSA) is 55.3 Å². The molecule has 1 aliphatic carbocycles. The van der Waals surface area contributed by atoms with Crippen LogP contribution in [-0.4, -0.2) is 40.0 Å². The lowest BCUT2D eigenvalue weighted by atomic mass is 9.76. The summed E-state index contributed by atoms with van der Waals surface area (Å²) in [5, 5.41) is 0. The predicted octanol–water partition coefficient (Wildman–Crippen LogP) is 3.93. The lowest BCUT2D eigenvalue weighted by Crippen LogP contribution is -2.47. The highest BCUT2D eigenvalue weighted by Crippen LogP contribution is 2.34. The molecule has 1 unspecified atom stereocenters. The molecule has 1 aliphatic heterocycles. The van der Waals surface area contributed by atoms with Gasteiger partial charge in [0.25, 0.3) is 0 Å². The van der Waals surface area contributed by atoms with Crippen molar-refractivity contribution < 1.29 is 9.53 Å². The number of piperidine rings is 1. The number of carbonyl (C=O) groups is 1. The van der Waals surface area contributed by atoms with E-state index < -0.39 is 0 Å². The van der Waals surface area contributed by atoms with Crippen LogP contribution in [0.15, 0.2) is 6.07 Å². The number of nitrogens with zero attached hydrogens (tertiary/aromatic N) is 3. The Kier molecular flexibility index (Phi) is 6.15. The Labute approximate surface area is 157 Å². The summed E-state index contributed by atoms with van der Waals surface area (Å²) in [6, 6.07) is 1.88. The van der Waals surface area contributed by atoms with Gasteiger partial charge in [-0.25, -0.2) is 4.98 Å². The summed E-state index contributed by atoms with van der Waals surface area (Å²) in [6.45, 7) is 9.98. The third-order valence-electron chi connectivity index (χ3n) is 5.98. The number of carbonyl (C=O) groups excluding carboxylic acids is 1. The fraction of sp³-hybridized carbons (Fsp3) is 0.762. The highest BCUT2D eigenvalue weighted by molar-refractivity contribution is 5.79. The maximum Gasteiger partial charge on any atom is 0.225 e. The van der Waals surface area contributed by atoms with E-state index in [0.717, 1.165) is 55.6 Å². The van der Waals surface area contributed by atoms with Gasteiger partial charge in [-0.1, -0.05) is 13.8 Å². The number of hydrogen-bond acceptors (Lipinski definition) is 4. The van der Waals surface area contributed by atoms with E-state index in [1.807, 2.05) is 24.8 Å². The number of likely N-dealkylation sites (tertiary alicyclic amines) is 1. The second-order valence-corrected chi connectivity index (χ2v) is 8.42. The van der Waals surface area contributed by atoms with Crippen molar-refractivity contribution in [2.75, 3.05) is 13.1 Å². The zero-order valence-electron chi connectivity index (χ0n) is 16.7. The molecule has 1 aromatic heterocycles. The van der Waals surface area contributed by atoms with Crippen LogP contribution in [0.5, 0.6) is 5.88 Å². The molecule has 26 heavy (non-hydrogen) atoms. The predicted molar refractivity (Wildman–Crippen MR) is 102 cm³/mol. The molecule has 2 aliphatic rings. The third kappa shape index (κ3) is 4.74. The van der Waals surface area contributed by atoms with Gasteiger partial charge in [0.15, 0.2) is 0 Å². The summed E-state index contributed by atoms with van der Waals surface area (Å²) < 4.78 is 6.09. The molecular formula is C21H33N3O2. The molecule has 0 spiro atoms. The minimum absolute atomic E-state index is 0.0356. The van der Waals surface area contributed by atoms with E-state index in [1.165, 1.54) is 12.8 Å². The Morgan fingerprint density at radius 3 is 2.54 bits per heavy atom. The largest absolute Gasteiger partial charge is 0.472 e. The molecule has 0 bridgehead atoms. The highest BCUT2D eigenvalue weighted by Gasteiger charge is 2.33. The molecule has 1 atom stereocenters. The smallest absolute Gasteiger partial charge is 0.225 e. The van der Waals surface area contributed by atoms with Crippen molar-refractivity contribution in [3.8, 4) is 5.88 Å². The molecule has 2 heterocycles. The van der Waals surface area contributed by atoms with Crippen molar-refractivity contribution in [1.29, 1.82) is 0 Å². The van der Waals surface area contributed by atoms with Crippen LogP contribution < -0.4 is 4.74 Å². The maximum absolute atomic E-state index is 13.0. The van der Waals surface area contributed by atoms with Gasteiger partial charge in [0.05, 0.1) is 6.54 Å². The molecule has 1 aromatic rings. The molecule has 2 fully saturated rings. The first kappa shape index (κ1) is 19.1. The van der Waals surface area contributed by atoms with Gasteiger partial charge in [-0.15, -0.1) is 0 Å². The van der Waals surface area contributed by atoms with Crippen molar-refractivity contribution in [2.45, 2.75) is 72.3 Å². The minimum atomic E-state index is 0.0356. The van der Waals surface area contributed by atoms with E-state index in [4.69, 9.17) is 4.74 Å². The molecular weight excluding hydrogens is 326 g/mol. The summed E-state index contributed by atoms with van der Waals surface area (Å²) >= 11 is 0. The van der Waals surface area contributed by atoms with Crippen LogP contribution in [0.2, 0.25) is 0 Å². The van der Waals surface area contributed by atoms with Gasteiger partial charge in [0, 0.05) is 24.2 Å². The quantitative estimate of drug-likeness (QED) is 0.817. The average Bonchev–Trinajstić information content (AvgIpc) is 2.60. The molecule has 5 nitrogen and oxygen atoms in total. The lowest BCUT2D eigenvalue weighted by Gasteiger charge is -2.37. The first-order valence-electron chi connectivity index (χ1n) is 10.2. The van der Waals surface area contributed by atoms with Crippen molar-refractivity contribution in [3.63, 3.8) is 0 Å². The Morgan fingerprint density at radius 2 is 1.88 bits per heavy atom. The van der Waals surface area contributed by atoms with E-state index in [2.05, 4.69) is 23.8 Å². The number of rotatable bonds is 4. The molecule has 144 valence electrons. The van der Waals surface area contributed by atoms with Gasteiger partial charge in [-0.05, 0) is 64.2 Å². The van der Waals surface area contributed by atoms with Crippen LogP contribution in [0.1, 0.15) is 63.9 Å². The van der Waals surface area contributed by atoms with Crippen LogP contribution >= 0.6 is 0 Å². The number of aromatic nitrogens is 2. The van der Waals surface area contributed by atoms with Gasteiger partial charge < -0.3 is 9.64 Å². The first-order valence-corrected chi connectivity index (χ1v) is 10.2. The zero-order valence-corrected chi connectivity index (χ0v) is 16.7. The van der Waals surface area contributed by atoms with Gasteiger partial charge in [-0.3, -0.25) is 4.79 Å². The number of amides is 1. The Morgan fingerprint density at radius 1 is 1.15 bits per heavy atom. The van der Waals surface area contributed by atoms with Crippen LogP contribution in [0.4, 0.5) is 0 Å². The Hall–Kier alpha value is -1.65. The van der Waals surface area contributed by atoms with Crippen molar-refractivity contribution in [3.05, 3.63) is 17.6 Å². The van der Waals surface area contributed by atoms with Crippen LogP contribution in [0, 0.1) is 31.6 Å². The fourth-order valence-electron chi connectivity index (χ4n) is 4.44. The van der Waals surface area contributed by atoms with Crippen molar-refractivity contribution >= 4 is 5.91 Å². The molecule has 1 amide bonds. The SMILES string of the molecule is Cc1cc(OC2CCCN(C(=O)C3CCC(C(C)C)CC3)C2)nc(C)n1.